The molecular formula is C20H25N3O5S. The van der Waals surface area contributed by atoms with Crippen LogP contribution in [0.3, 0.4) is 0 Å². The van der Waals surface area contributed by atoms with Gasteiger partial charge in [-0.1, -0.05) is 37.2 Å². The fourth-order valence-corrected chi connectivity index (χ4v) is 3.77. The summed E-state index contributed by atoms with van der Waals surface area (Å²) in [5, 5.41) is 11.6. The number of nitro benzene ring substituents is 1. The molecule has 0 aliphatic carbocycles. The van der Waals surface area contributed by atoms with Gasteiger partial charge >= 0.3 is 5.97 Å². The molecule has 156 valence electrons. The number of amides is 1. The molecule has 1 heterocycles. The summed E-state index contributed by atoms with van der Waals surface area (Å²) in [6.45, 7) is 7.75. The minimum Gasteiger partial charge on any atom is -0.462 e. The summed E-state index contributed by atoms with van der Waals surface area (Å²) in [4.78, 5) is 42.3. The molecule has 0 spiro atoms. The number of aryl methyl sites for hydroxylation is 2. The molecule has 9 heteroatoms. The number of nitrogens with zero attached hydrogens (tertiary/aromatic N) is 3. The molecule has 0 atom stereocenters. The van der Waals surface area contributed by atoms with E-state index in [0.717, 1.165) is 30.6 Å². The Hall–Kier alpha value is -2.81. The largest absolute Gasteiger partial charge is 0.462 e. The highest BCUT2D eigenvalue weighted by molar-refractivity contribution is 7.17. The fourth-order valence-electron chi connectivity index (χ4n) is 2.78. The Kier molecular flexibility index (Phi) is 7.83. The lowest BCUT2D eigenvalue weighted by Gasteiger charge is -2.20. The van der Waals surface area contributed by atoms with E-state index in [-0.39, 0.29) is 23.8 Å². The molecule has 0 saturated carbocycles. The zero-order chi connectivity index (χ0) is 21.6. The second-order valence-corrected chi connectivity index (χ2v) is 7.53. The van der Waals surface area contributed by atoms with Gasteiger partial charge in [0, 0.05) is 23.7 Å². The molecule has 0 bridgehead atoms. The van der Waals surface area contributed by atoms with Gasteiger partial charge in [0.05, 0.1) is 17.2 Å². The maximum absolute atomic E-state index is 13.2. The number of thiazole rings is 1. The number of esters is 1. The monoisotopic (exact) mass is 419 g/mol. The van der Waals surface area contributed by atoms with E-state index < -0.39 is 10.9 Å². The maximum atomic E-state index is 13.2. The van der Waals surface area contributed by atoms with Crippen LogP contribution in [0.15, 0.2) is 18.2 Å². The lowest BCUT2D eigenvalue weighted by atomic mass is 10.1. The van der Waals surface area contributed by atoms with Crippen LogP contribution in [0.2, 0.25) is 0 Å². The van der Waals surface area contributed by atoms with Crippen molar-refractivity contribution in [3.8, 4) is 0 Å². The fraction of sp³-hybridized carbons (Fsp3) is 0.450. The predicted molar refractivity (Wildman–Crippen MR) is 112 cm³/mol. The number of anilines is 1. The molecule has 0 N–H and O–H groups in total. The van der Waals surface area contributed by atoms with Crippen LogP contribution < -0.4 is 4.90 Å². The first-order chi connectivity index (χ1) is 13.8. The van der Waals surface area contributed by atoms with E-state index in [9.17, 15) is 19.7 Å². The molecule has 29 heavy (non-hydrogen) atoms. The molecule has 0 radical (unpaired) electrons. The molecular weight excluding hydrogens is 394 g/mol. The van der Waals surface area contributed by atoms with Crippen molar-refractivity contribution < 1.29 is 19.2 Å². The van der Waals surface area contributed by atoms with Crippen molar-refractivity contribution in [3.05, 3.63) is 50.0 Å². The Labute approximate surface area is 173 Å². The summed E-state index contributed by atoms with van der Waals surface area (Å²) >= 11 is 1.10. The molecule has 1 amide bonds. The minimum absolute atomic E-state index is 0.105. The third-order valence-electron chi connectivity index (χ3n) is 4.36. The van der Waals surface area contributed by atoms with Crippen LogP contribution in [0.5, 0.6) is 0 Å². The molecule has 0 unspecified atom stereocenters. The number of hydrogen-bond acceptors (Lipinski definition) is 7. The maximum Gasteiger partial charge on any atom is 0.350 e. The van der Waals surface area contributed by atoms with E-state index in [4.69, 9.17) is 4.74 Å². The molecule has 1 aromatic heterocycles. The third-order valence-corrected chi connectivity index (χ3v) is 5.52. The van der Waals surface area contributed by atoms with Crippen LogP contribution in [0.25, 0.3) is 0 Å². The van der Waals surface area contributed by atoms with Gasteiger partial charge < -0.3 is 4.74 Å². The zero-order valence-electron chi connectivity index (χ0n) is 17.1. The summed E-state index contributed by atoms with van der Waals surface area (Å²) in [6.07, 6.45) is 2.65. The molecule has 0 aliphatic heterocycles. The molecule has 0 fully saturated rings. The van der Waals surface area contributed by atoms with Gasteiger partial charge in [0.15, 0.2) is 5.13 Å². The van der Waals surface area contributed by atoms with Crippen LogP contribution in [0, 0.1) is 24.0 Å². The number of unbranched alkanes of at least 4 members (excludes halogenated alkanes) is 2. The Morgan fingerprint density at radius 1 is 1.24 bits per heavy atom. The number of carbonyl (C=O) groups is 2. The highest BCUT2D eigenvalue weighted by Gasteiger charge is 2.26. The van der Waals surface area contributed by atoms with E-state index in [2.05, 4.69) is 11.9 Å². The van der Waals surface area contributed by atoms with Crippen LogP contribution in [0.4, 0.5) is 10.8 Å². The minimum atomic E-state index is -0.500. The number of rotatable bonds is 9. The van der Waals surface area contributed by atoms with Gasteiger partial charge in [-0.15, -0.1) is 0 Å². The van der Waals surface area contributed by atoms with Crippen LogP contribution in [-0.2, 0) is 4.74 Å². The van der Waals surface area contributed by atoms with Gasteiger partial charge in [0.1, 0.15) is 4.88 Å². The topological polar surface area (TPSA) is 103 Å². The molecule has 8 nitrogen and oxygen atoms in total. The second kappa shape index (κ2) is 10.1. The first-order valence-corrected chi connectivity index (χ1v) is 10.3. The smallest absolute Gasteiger partial charge is 0.350 e. The van der Waals surface area contributed by atoms with E-state index in [1.807, 2.05) is 0 Å². The highest BCUT2D eigenvalue weighted by Crippen LogP contribution is 2.29. The number of benzene rings is 1. The van der Waals surface area contributed by atoms with Gasteiger partial charge in [-0.2, -0.15) is 0 Å². The Morgan fingerprint density at radius 3 is 2.59 bits per heavy atom. The zero-order valence-corrected chi connectivity index (χ0v) is 17.9. The normalized spacial score (nSPS) is 10.6. The average Bonchev–Trinajstić information content (AvgIpc) is 3.06. The first kappa shape index (κ1) is 22.5. The summed E-state index contributed by atoms with van der Waals surface area (Å²) < 4.78 is 5.05. The Balaban J connectivity index is 2.42. The van der Waals surface area contributed by atoms with E-state index >= 15 is 0 Å². The van der Waals surface area contributed by atoms with Crippen LogP contribution in [0.1, 0.15) is 64.4 Å². The quantitative estimate of drug-likeness (QED) is 0.253. The predicted octanol–water partition coefficient (Wildman–Crippen LogP) is 4.68. The number of ether oxygens (including phenoxy) is 1. The third kappa shape index (κ3) is 5.38. The van der Waals surface area contributed by atoms with Gasteiger partial charge in [0.2, 0.25) is 0 Å². The standard InChI is InChI=1S/C20H25N3O5S/c1-5-7-8-11-22(20-21-14(4)17(29-20)19(25)28-6-2)18(24)15-10-9-13(3)16(12-15)23(26)27/h9-10,12H,5-8,11H2,1-4H3. The van der Waals surface area contributed by atoms with Crippen molar-refractivity contribution in [2.24, 2.45) is 0 Å². The van der Waals surface area contributed by atoms with Crippen molar-refractivity contribution in [2.75, 3.05) is 18.1 Å². The van der Waals surface area contributed by atoms with Gasteiger partial charge in [0.25, 0.3) is 11.6 Å². The molecule has 1 aromatic carbocycles. The summed E-state index contributed by atoms with van der Waals surface area (Å²) in [6, 6.07) is 4.42. The van der Waals surface area contributed by atoms with Gasteiger partial charge in [-0.3, -0.25) is 19.8 Å². The molecule has 0 aliphatic rings. The summed E-state index contributed by atoms with van der Waals surface area (Å²) in [5.41, 5.74) is 1.08. The van der Waals surface area contributed by atoms with Crippen LogP contribution in [-0.4, -0.2) is 34.9 Å². The Morgan fingerprint density at radius 2 is 1.97 bits per heavy atom. The van der Waals surface area contributed by atoms with Crippen molar-refractivity contribution in [2.45, 2.75) is 47.0 Å². The lowest BCUT2D eigenvalue weighted by molar-refractivity contribution is -0.385. The molecule has 2 rings (SSSR count). The SMILES string of the molecule is CCCCCN(C(=O)c1ccc(C)c([N+](=O)[O-])c1)c1nc(C)c(C(=O)OCC)s1. The van der Waals surface area contributed by atoms with Gasteiger partial charge in [-0.25, -0.2) is 9.78 Å². The van der Waals surface area contributed by atoms with E-state index in [0.29, 0.717) is 27.8 Å². The van der Waals surface area contributed by atoms with Crippen LogP contribution >= 0.6 is 11.3 Å². The van der Waals surface area contributed by atoms with Crippen molar-refractivity contribution in [3.63, 3.8) is 0 Å². The van der Waals surface area contributed by atoms with Crippen molar-refractivity contribution >= 4 is 34.0 Å². The lowest BCUT2D eigenvalue weighted by Crippen LogP contribution is -2.32. The van der Waals surface area contributed by atoms with Crippen molar-refractivity contribution in [1.29, 1.82) is 0 Å². The number of aromatic nitrogens is 1. The average molecular weight is 420 g/mol. The van der Waals surface area contributed by atoms with Gasteiger partial charge in [-0.05, 0) is 33.3 Å². The Bertz CT molecular complexity index is 910. The number of nitro groups is 1. The molecule has 2 aromatic rings. The van der Waals surface area contributed by atoms with E-state index in [1.165, 1.54) is 11.0 Å². The molecule has 0 saturated heterocycles. The second-order valence-electron chi connectivity index (χ2n) is 6.55. The van der Waals surface area contributed by atoms with Crippen molar-refractivity contribution in [1.82, 2.24) is 4.98 Å². The number of hydrogen-bond donors (Lipinski definition) is 0. The summed E-state index contributed by atoms with van der Waals surface area (Å²) in [7, 11) is 0. The van der Waals surface area contributed by atoms with E-state index in [1.54, 1.807) is 32.9 Å². The first-order valence-electron chi connectivity index (χ1n) is 9.51. The number of carbonyl (C=O) groups excluding carboxylic acids is 2. The summed E-state index contributed by atoms with van der Waals surface area (Å²) in [5.74, 6) is -0.853. The highest BCUT2D eigenvalue weighted by atomic mass is 32.1.